The van der Waals surface area contributed by atoms with Crippen molar-refractivity contribution in [3.05, 3.63) is 76.9 Å². The first-order valence-electron chi connectivity index (χ1n) is 11.9. The molecule has 0 amide bonds. The summed E-state index contributed by atoms with van der Waals surface area (Å²) >= 11 is 0. The topological polar surface area (TPSA) is 90.8 Å². The number of benzene rings is 3. The van der Waals surface area contributed by atoms with Gasteiger partial charge >= 0.3 is 5.97 Å². The lowest BCUT2D eigenvalue weighted by atomic mass is 9.96. The summed E-state index contributed by atoms with van der Waals surface area (Å²) < 4.78 is 32.9. The van der Waals surface area contributed by atoms with E-state index in [0.29, 0.717) is 52.6 Å². The standard InChI is InChI=1S/C28H28FN3O4/c1-4-34-25(33)13-17-7-6-10-22-28(17)36-24(15-32(22)3)19-11-21(27-23(12-19)35-16(2)31-27)20-9-5-8-18(14-30)26(20)29/h5-12,24H,4,13-15,30H2,1-3H3. The Labute approximate surface area is 208 Å². The molecule has 1 unspecified atom stereocenters. The summed E-state index contributed by atoms with van der Waals surface area (Å²) in [4.78, 5) is 18.8. The van der Waals surface area contributed by atoms with Crippen LogP contribution in [0.1, 0.15) is 35.6 Å². The highest BCUT2D eigenvalue weighted by molar-refractivity contribution is 5.92. The molecule has 8 heteroatoms. The first kappa shape index (κ1) is 23.8. The fourth-order valence-electron chi connectivity index (χ4n) is 4.71. The number of anilines is 1. The lowest BCUT2D eigenvalue weighted by Crippen LogP contribution is -2.32. The molecule has 186 valence electrons. The van der Waals surface area contributed by atoms with Crippen molar-refractivity contribution in [2.24, 2.45) is 5.73 Å². The number of esters is 1. The molecule has 2 N–H and O–H groups in total. The first-order chi connectivity index (χ1) is 17.4. The number of likely N-dealkylation sites (N-methyl/N-ethyl adjacent to an activating group) is 1. The Kier molecular flexibility index (Phi) is 6.36. The molecule has 0 saturated heterocycles. The zero-order valence-electron chi connectivity index (χ0n) is 20.5. The van der Waals surface area contributed by atoms with Gasteiger partial charge in [0, 0.05) is 42.8 Å². The van der Waals surface area contributed by atoms with E-state index in [1.165, 1.54) is 0 Å². The Hall–Kier alpha value is -3.91. The average Bonchev–Trinajstić information content (AvgIpc) is 3.24. The number of hydrogen-bond acceptors (Lipinski definition) is 7. The largest absolute Gasteiger partial charge is 0.481 e. The van der Waals surface area contributed by atoms with Crippen LogP contribution in [0.15, 0.2) is 52.9 Å². The van der Waals surface area contributed by atoms with Crippen LogP contribution >= 0.6 is 0 Å². The summed E-state index contributed by atoms with van der Waals surface area (Å²) in [6, 6.07) is 14.7. The molecular weight excluding hydrogens is 461 g/mol. The second kappa shape index (κ2) is 9.62. The molecule has 1 aliphatic rings. The van der Waals surface area contributed by atoms with Crippen LogP contribution in [0.3, 0.4) is 0 Å². The maximum Gasteiger partial charge on any atom is 0.310 e. The van der Waals surface area contributed by atoms with Crippen molar-refractivity contribution in [3.63, 3.8) is 0 Å². The number of hydrogen-bond donors (Lipinski definition) is 1. The van der Waals surface area contributed by atoms with Crippen molar-refractivity contribution >= 4 is 22.8 Å². The molecule has 36 heavy (non-hydrogen) atoms. The highest BCUT2D eigenvalue weighted by Gasteiger charge is 2.29. The Morgan fingerprint density at radius 2 is 1.97 bits per heavy atom. The number of nitrogens with zero attached hydrogens (tertiary/aromatic N) is 2. The average molecular weight is 490 g/mol. The van der Waals surface area contributed by atoms with Gasteiger partial charge in [0.1, 0.15) is 23.2 Å². The van der Waals surface area contributed by atoms with Crippen LogP contribution in [0.4, 0.5) is 10.1 Å². The van der Waals surface area contributed by atoms with Gasteiger partial charge in [0.15, 0.2) is 11.5 Å². The van der Waals surface area contributed by atoms with Crippen molar-refractivity contribution in [2.45, 2.75) is 32.9 Å². The number of carbonyl (C=O) groups is 1. The van der Waals surface area contributed by atoms with Gasteiger partial charge < -0.3 is 24.5 Å². The molecule has 1 aliphatic heterocycles. The van der Waals surface area contributed by atoms with Gasteiger partial charge in [-0.15, -0.1) is 0 Å². The maximum atomic E-state index is 15.3. The van der Waals surface area contributed by atoms with Gasteiger partial charge in [0.25, 0.3) is 0 Å². The van der Waals surface area contributed by atoms with Crippen LogP contribution < -0.4 is 15.4 Å². The Balaban J connectivity index is 1.60. The zero-order chi connectivity index (χ0) is 25.4. The van der Waals surface area contributed by atoms with E-state index in [1.807, 2.05) is 37.4 Å². The van der Waals surface area contributed by atoms with Crippen LogP contribution in [-0.2, 0) is 22.5 Å². The summed E-state index contributed by atoms with van der Waals surface area (Å²) in [6.45, 7) is 4.51. The van der Waals surface area contributed by atoms with Crippen LogP contribution in [0.2, 0.25) is 0 Å². The molecule has 3 aromatic carbocycles. The number of para-hydroxylation sites is 1. The number of fused-ring (bicyclic) bond motifs is 2. The molecule has 0 fully saturated rings. The molecule has 1 atom stereocenters. The van der Waals surface area contributed by atoms with E-state index in [2.05, 4.69) is 9.88 Å². The van der Waals surface area contributed by atoms with E-state index < -0.39 is 0 Å². The molecule has 0 saturated carbocycles. The molecule has 5 rings (SSSR count). The Morgan fingerprint density at radius 3 is 2.75 bits per heavy atom. The van der Waals surface area contributed by atoms with Crippen molar-refractivity contribution < 1.29 is 23.1 Å². The molecule has 0 spiro atoms. The number of nitrogens with two attached hydrogens (primary N) is 1. The third kappa shape index (κ3) is 4.28. The van der Waals surface area contributed by atoms with Gasteiger partial charge in [0.05, 0.1) is 25.3 Å². The maximum absolute atomic E-state index is 15.3. The fraction of sp³-hybridized carbons (Fsp3) is 0.286. The first-order valence-corrected chi connectivity index (χ1v) is 11.9. The molecule has 1 aromatic heterocycles. The molecule has 0 radical (unpaired) electrons. The molecule has 4 aromatic rings. The van der Waals surface area contributed by atoms with E-state index in [9.17, 15) is 4.79 Å². The van der Waals surface area contributed by atoms with Crippen molar-refractivity contribution in [1.29, 1.82) is 0 Å². The van der Waals surface area contributed by atoms with Crippen molar-refractivity contribution in [2.75, 3.05) is 25.1 Å². The third-order valence-corrected chi connectivity index (χ3v) is 6.41. The summed E-state index contributed by atoms with van der Waals surface area (Å²) in [6.07, 6.45) is -0.277. The number of aromatic nitrogens is 1. The van der Waals surface area contributed by atoms with Crippen LogP contribution in [0.5, 0.6) is 5.75 Å². The van der Waals surface area contributed by atoms with E-state index in [1.54, 1.807) is 32.0 Å². The quantitative estimate of drug-likeness (QED) is 0.378. The third-order valence-electron chi connectivity index (χ3n) is 6.41. The monoisotopic (exact) mass is 489 g/mol. The molecule has 7 nitrogen and oxygen atoms in total. The highest BCUT2D eigenvalue weighted by Crippen LogP contribution is 2.42. The van der Waals surface area contributed by atoms with Gasteiger partial charge in [-0.05, 0) is 30.7 Å². The van der Waals surface area contributed by atoms with Crippen molar-refractivity contribution in [3.8, 4) is 16.9 Å². The number of aryl methyl sites for hydroxylation is 1. The number of carbonyl (C=O) groups excluding carboxylic acids is 1. The van der Waals surface area contributed by atoms with Gasteiger partial charge in [0.2, 0.25) is 0 Å². The smallest absolute Gasteiger partial charge is 0.310 e. The number of oxazole rings is 1. The number of halogens is 1. The predicted octanol–water partition coefficient (Wildman–Crippen LogP) is 5.08. The van der Waals surface area contributed by atoms with Crippen LogP contribution in [-0.4, -0.2) is 31.2 Å². The van der Waals surface area contributed by atoms with E-state index >= 15 is 4.39 Å². The van der Waals surface area contributed by atoms with Gasteiger partial charge in [-0.2, -0.15) is 0 Å². The molecule has 2 heterocycles. The molecular formula is C28H28FN3O4. The lowest BCUT2D eigenvalue weighted by Gasteiger charge is -2.35. The molecule has 0 aliphatic carbocycles. The summed E-state index contributed by atoms with van der Waals surface area (Å²) in [7, 11) is 1.98. The predicted molar refractivity (Wildman–Crippen MR) is 135 cm³/mol. The summed E-state index contributed by atoms with van der Waals surface area (Å²) in [5, 5.41) is 0. The Morgan fingerprint density at radius 1 is 1.19 bits per heavy atom. The lowest BCUT2D eigenvalue weighted by molar-refractivity contribution is -0.142. The second-order valence-corrected chi connectivity index (χ2v) is 8.87. The minimum absolute atomic E-state index is 0.0942. The van der Waals surface area contributed by atoms with Crippen LogP contribution in [0.25, 0.3) is 22.2 Å². The normalized spacial score (nSPS) is 15.0. The summed E-state index contributed by atoms with van der Waals surface area (Å²) in [5.41, 5.74) is 10.8. The van der Waals surface area contributed by atoms with Gasteiger partial charge in [-0.3, -0.25) is 4.79 Å². The minimum atomic E-state index is -0.389. The second-order valence-electron chi connectivity index (χ2n) is 8.87. The summed E-state index contributed by atoms with van der Waals surface area (Å²) in [5.74, 6) is 0.441. The van der Waals surface area contributed by atoms with Crippen LogP contribution in [0, 0.1) is 12.7 Å². The molecule has 0 bridgehead atoms. The zero-order valence-corrected chi connectivity index (χ0v) is 20.5. The fourth-order valence-corrected chi connectivity index (χ4v) is 4.71. The van der Waals surface area contributed by atoms with E-state index in [4.69, 9.17) is 19.6 Å². The highest BCUT2D eigenvalue weighted by atomic mass is 19.1. The van der Waals surface area contributed by atoms with Gasteiger partial charge in [-0.1, -0.05) is 30.3 Å². The van der Waals surface area contributed by atoms with Gasteiger partial charge in [-0.25, -0.2) is 9.37 Å². The van der Waals surface area contributed by atoms with E-state index in [0.717, 1.165) is 16.8 Å². The number of rotatable bonds is 6. The number of ether oxygens (including phenoxy) is 2. The minimum Gasteiger partial charge on any atom is -0.481 e. The van der Waals surface area contributed by atoms with Crippen molar-refractivity contribution in [1.82, 2.24) is 4.98 Å². The Bertz CT molecular complexity index is 1450. The van der Waals surface area contributed by atoms with E-state index in [-0.39, 0.29) is 30.9 Å². The SMILES string of the molecule is CCOC(=O)Cc1cccc2c1OC(c1cc(-c3cccc(CN)c3F)c3nc(C)oc3c1)CN2C.